The fourth-order valence-electron chi connectivity index (χ4n) is 4.02. The molecule has 4 rings (SSSR count). The van der Waals surface area contributed by atoms with Gasteiger partial charge in [0.05, 0.1) is 6.57 Å². The van der Waals surface area contributed by atoms with Gasteiger partial charge < -0.3 is 25.3 Å². The highest BCUT2D eigenvalue weighted by atomic mass is 35.5. The first-order valence-electron chi connectivity index (χ1n) is 11.5. The van der Waals surface area contributed by atoms with Gasteiger partial charge in [-0.2, -0.15) is 9.97 Å². The summed E-state index contributed by atoms with van der Waals surface area (Å²) in [6.07, 6.45) is 6.28. The Labute approximate surface area is 209 Å². The van der Waals surface area contributed by atoms with E-state index in [0.717, 1.165) is 18.4 Å². The number of halogens is 1. The van der Waals surface area contributed by atoms with Crippen LogP contribution in [0.2, 0.25) is 5.02 Å². The van der Waals surface area contributed by atoms with Crippen molar-refractivity contribution < 1.29 is 9.53 Å². The summed E-state index contributed by atoms with van der Waals surface area (Å²) in [5, 5.41) is 9.79. The molecular weight excluding hydrogens is 466 g/mol. The van der Waals surface area contributed by atoms with E-state index in [4.69, 9.17) is 22.9 Å². The molecule has 1 amide bonds. The van der Waals surface area contributed by atoms with Gasteiger partial charge in [0.25, 0.3) is 0 Å². The topological polar surface area (TPSA) is 97.5 Å². The van der Waals surface area contributed by atoms with Crippen molar-refractivity contribution >= 4 is 35.0 Å². The van der Waals surface area contributed by atoms with Crippen LogP contribution in [0.3, 0.4) is 0 Å². The number of carbonyl (C=O) groups excluding carboxylic acids is 1. The van der Waals surface area contributed by atoms with Crippen molar-refractivity contribution in [3.05, 3.63) is 70.8 Å². The van der Waals surface area contributed by atoms with Crippen LogP contribution in [-0.2, 0) is 16.1 Å². The summed E-state index contributed by atoms with van der Waals surface area (Å²) in [6.45, 7) is 8.80. The van der Waals surface area contributed by atoms with Gasteiger partial charge in [-0.3, -0.25) is 4.79 Å². The molecule has 182 valence electrons. The molecule has 0 spiro atoms. The SMILES string of the molecule is [C-]#[N+]c1ccc(CNC(=O)[C@@H](CC2CCOCC2)Nc2cc(-n3cccc3)nc(NC)n2)c(Cl)c1. The molecule has 0 aliphatic carbocycles. The number of nitrogens with one attached hydrogen (secondary N) is 3. The molecule has 10 heteroatoms. The fraction of sp³-hybridized carbons (Fsp3) is 0.360. The van der Waals surface area contributed by atoms with Gasteiger partial charge in [0.15, 0.2) is 5.69 Å². The highest BCUT2D eigenvalue weighted by molar-refractivity contribution is 6.31. The van der Waals surface area contributed by atoms with Gasteiger partial charge in [-0.1, -0.05) is 23.7 Å². The number of carbonyl (C=O) groups is 1. The number of hydrogen-bond donors (Lipinski definition) is 3. The zero-order chi connectivity index (χ0) is 24.6. The fourth-order valence-corrected chi connectivity index (χ4v) is 4.26. The monoisotopic (exact) mass is 493 g/mol. The number of nitrogens with zero attached hydrogens (tertiary/aromatic N) is 4. The van der Waals surface area contributed by atoms with E-state index in [-0.39, 0.29) is 12.5 Å². The van der Waals surface area contributed by atoms with E-state index >= 15 is 0 Å². The van der Waals surface area contributed by atoms with Crippen molar-refractivity contribution in [2.45, 2.75) is 31.8 Å². The molecule has 0 radical (unpaired) electrons. The number of hydrogen-bond acceptors (Lipinski definition) is 6. The van der Waals surface area contributed by atoms with Crippen molar-refractivity contribution in [2.24, 2.45) is 5.92 Å². The second kappa shape index (κ2) is 11.7. The van der Waals surface area contributed by atoms with Crippen molar-refractivity contribution in [1.82, 2.24) is 19.9 Å². The molecule has 9 nitrogen and oxygen atoms in total. The van der Waals surface area contributed by atoms with Crippen LogP contribution < -0.4 is 16.0 Å². The van der Waals surface area contributed by atoms with E-state index in [9.17, 15) is 4.79 Å². The van der Waals surface area contributed by atoms with E-state index in [1.807, 2.05) is 35.2 Å². The average Bonchev–Trinajstić information content (AvgIpc) is 3.43. The average molecular weight is 494 g/mol. The molecule has 0 bridgehead atoms. The second-order valence-corrected chi connectivity index (χ2v) is 8.78. The molecule has 1 aliphatic rings. The Hall–Kier alpha value is -3.61. The van der Waals surface area contributed by atoms with Gasteiger partial charge in [0.1, 0.15) is 17.7 Å². The van der Waals surface area contributed by atoms with Crippen molar-refractivity contribution in [2.75, 3.05) is 30.9 Å². The number of aromatic nitrogens is 3. The Kier molecular flexibility index (Phi) is 8.19. The normalized spacial score (nSPS) is 14.7. The van der Waals surface area contributed by atoms with E-state index in [1.165, 1.54) is 0 Å². The van der Waals surface area contributed by atoms with Crippen LogP contribution >= 0.6 is 11.6 Å². The van der Waals surface area contributed by atoms with Crippen LogP contribution in [0, 0.1) is 12.5 Å². The third-order valence-corrected chi connectivity index (χ3v) is 6.32. The summed E-state index contributed by atoms with van der Waals surface area (Å²) in [5.74, 6) is 1.92. The predicted molar refractivity (Wildman–Crippen MR) is 136 cm³/mol. The smallest absolute Gasteiger partial charge is 0.242 e. The lowest BCUT2D eigenvalue weighted by Gasteiger charge is -2.27. The first kappa shape index (κ1) is 24.5. The summed E-state index contributed by atoms with van der Waals surface area (Å²) >= 11 is 6.31. The molecule has 0 unspecified atom stereocenters. The second-order valence-electron chi connectivity index (χ2n) is 8.37. The Balaban J connectivity index is 1.53. The lowest BCUT2D eigenvalue weighted by molar-refractivity contribution is -0.122. The molecular formula is C25H28ClN7O2. The standard InChI is InChI=1S/C25H28ClN7O2/c1-27-19-6-5-18(20(26)14-19)16-29-24(34)21(13-17-7-11-35-12-8-17)30-22-15-23(32-25(28-2)31-22)33-9-3-4-10-33/h3-6,9-10,14-15,17,21H,7-8,11-13,16H2,2H3,(H,29,34)(H2,28,30,31,32)/t21-/m1/s1. The van der Waals surface area contributed by atoms with E-state index < -0.39 is 6.04 Å². The Bertz CT molecular complexity index is 1190. The molecule has 1 atom stereocenters. The van der Waals surface area contributed by atoms with Gasteiger partial charge >= 0.3 is 0 Å². The van der Waals surface area contributed by atoms with Gasteiger partial charge in [-0.25, -0.2) is 4.85 Å². The first-order valence-corrected chi connectivity index (χ1v) is 11.9. The highest BCUT2D eigenvalue weighted by Gasteiger charge is 2.25. The third-order valence-electron chi connectivity index (χ3n) is 5.97. The predicted octanol–water partition coefficient (Wildman–Crippen LogP) is 4.43. The summed E-state index contributed by atoms with van der Waals surface area (Å²) in [6, 6.07) is 10.2. The first-order chi connectivity index (χ1) is 17.1. The van der Waals surface area contributed by atoms with Crippen molar-refractivity contribution in [3.63, 3.8) is 0 Å². The molecule has 3 heterocycles. The number of amides is 1. The van der Waals surface area contributed by atoms with E-state index in [0.29, 0.717) is 53.8 Å². The number of ether oxygens (including phenoxy) is 1. The molecule has 2 aromatic heterocycles. The summed E-state index contributed by atoms with van der Waals surface area (Å²) in [5.41, 5.74) is 1.22. The Morgan fingerprint density at radius 3 is 2.71 bits per heavy atom. The van der Waals surface area contributed by atoms with Crippen LogP contribution in [0.1, 0.15) is 24.8 Å². The summed E-state index contributed by atoms with van der Waals surface area (Å²) < 4.78 is 7.38. The van der Waals surface area contributed by atoms with Gasteiger partial charge in [-0.15, -0.1) is 0 Å². The molecule has 35 heavy (non-hydrogen) atoms. The Morgan fingerprint density at radius 1 is 1.26 bits per heavy atom. The molecule has 3 aromatic rings. The molecule has 1 aromatic carbocycles. The molecule has 1 aliphatic heterocycles. The quantitative estimate of drug-likeness (QED) is 0.382. The minimum Gasteiger partial charge on any atom is -0.381 e. The number of rotatable bonds is 9. The third kappa shape index (κ3) is 6.50. The zero-order valence-electron chi connectivity index (χ0n) is 19.5. The van der Waals surface area contributed by atoms with Crippen LogP contribution in [0.4, 0.5) is 17.5 Å². The van der Waals surface area contributed by atoms with Crippen LogP contribution in [0.25, 0.3) is 10.7 Å². The molecule has 1 fully saturated rings. The lowest BCUT2D eigenvalue weighted by Crippen LogP contribution is -2.41. The van der Waals surface area contributed by atoms with Gasteiger partial charge in [0, 0.05) is 50.3 Å². The van der Waals surface area contributed by atoms with Gasteiger partial charge in [-0.05, 0) is 48.9 Å². The molecule has 0 saturated carbocycles. The number of benzene rings is 1. The summed E-state index contributed by atoms with van der Waals surface area (Å²) in [4.78, 5) is 25.8. The van der Waals surface area contributed by atoms with E-state index in [2.05, 4.69) is 30.8 Å². The van der Waals surface area contributed by atoms with E-state index in [1.54, 1.807) is 25.2 Å². The van der Waals surface area contributed by atoms with Crippen molar-refractivity contribution in [1.29, 1.82) is 0 Å². The van der Waals surface area contributed by atoms with Crippen LogP contribution in [0.5, 0.6) is 0 Å². The van der Waals surface area contributed by atoms with Crippen molar-refractivity contribution in [3.8, 4) is 5.82 Å². The lowest BCUT2D eigenvalue weighted by atomic mass is 9.92. The molecule has 1 saturated heterocycles. The number of anilines is 2. The highest BCUT2D eigenvalue weighted by Crippen LogP contribution is 2.25. The maximum Gasteiger partial charge on any atom is 0.242 e. The van der Waals surface area contributed by atoms with Crippen LogP contribution in [0.15, 0.2) is 48.8 Å². The maximum atomic E-state index is 13.3. The maximum absolute atomic E-state index is 13.3. The largest absolute Gasteiger partial charge is 0.381 e. The minimum absolute atomic E-state index is 0.144. The zero-order valence-corrected chi connectivity index (χ0v) is 20.3. The van der Waals surface area contributed by atoms with Crippen LogP contribution in [-0.4, -0.2) is 46.7 Å². The molecule has 3 N–H and O–H groups in total. The Morgan fingerprint density at radius 2 is 2.03 bits per heavy atom. The minimum atomic E-state index is -0.503. The van der Waals surface area contributed by atoms with Gasteiger partial charge in [0.2, 0.25) is 11.9 Å². The summed E-state index contributed by atoms with van der Waals surface area (Å²) in [7, 11) is 1.76.